The zero-order valence-electron chi connectivity index (χ0n) is 12.9. The van der Waals surface area contributed by atoms with Crippen LogP contribution >= 0.6 is 23.2 Å². The molecular weight excluding hydrogens is 325 g/mol. The third kappa shape index (κ3) is 3.40. The molecule has 4 nitrogen and oxygen atoms in total. The second-order valence-electron chi connectivity index (χ2n) is 5.04. The maximum absolute atomic E-state index is 12.1. The number of ether oxygens (including phenoxy) is 2. The minimum Gasteiger partial charge on any atom is -0.494 e. The van der Waals surface area contributed by atoms with Crippen molar-refractivity contribution in [3.05, 3.63) is 27.2 Å². The van der Waals surface area contributed by atoms with E-state index in [4.69, 9.17) is 32.7 Å². The number of hydrogen-bond donors (Lipinski definition) is 0. The summed E-state index contributed by atoms with van der Waals surface area (Å²) in [5, 5.41) is 0.690. The van der Waals surface area contributed by atoms with Crippen LogP contribution in [-0.4, -0.2) is 44.5 Å². The Labute approximate surface area is 140 Å². The molecule has 0 spiro atoms. The minimum absolute atomic E-state index is 0.148. The number of methoxy groups -OCH3 is 2. The molecule has 6 heteroatoms. The van der Waals surface area contributed by atoms with Gasteiger partial charge in [0.2, 0.25) is 0 Å². The van der Waals surface area contributed by atoms with Gasteiger partial charge in [0.25, 0.3) is 0 Å². The second-order valence-corrected chi connectivity index (χ2v) is 5.82. The summed E-state index contributed by atoms with van der Waals surface area (Å²) in [7, 11) is 3.02. The number of piperidine rings is 1. The van der Waals surface area contributed by atoms with Crippen molar-refractivity contribution in [1.29, 1.82) is 0 Å². The largest absolute Gasteiger partial charge is 0.494 e. The number of carbonyl (C=O) groups excluding carboxylic acids is 1. The number of rotatable bonds is 4. The van der Waals surface area contributed by atoms with E-state index in [1.54, 1.807) is 12.1 Å². The lowest BCUT2D eigenvalue weighted by Crippen LogP contribution is -2.35. The molecule has 0 unspecified atom stereocenters. The maximum atomic E-state index is 12.1. The molecule has 1 fully saturated rings. The number of likely N-dealkylation sites (N-methyl/N-ethyl adjacent to an activating group) is 1. The molecule has 0 aliphatic carbocycles. The number of carbonyl (C=O) groups is 1. The highest BCUT2D eigenvalue weighted by Gasteiger charge is 2.22. The highest BCUT2D eigenvalue weighted by molar-refractivity contribution is 6.38. The Morgan fingerprint density at radius 1 is 1.27 bits per heavy atom. The van der Waals surface area contributed by atoms with E-state index in [1.165, 1.54) is 14.2 Å². The number of likely N-dealkylation sites (tertiary alicyclic amines) is 1. The molecule has 1 aromatic rings. The van der Waals surface area contributed by atoms with Crippen molar-refractivity contribution in [1.82, 2.24) is 4.90 Å². The van der Waals surface area contributed by atoms with Crippen LogP contribution in [0.2, 0.25) is 10.0 Å². The van der Waals surface area contributed by atoms with Gasteiger partial charge in [0.05, 0.1) is 19.2 Å². The van der Waals surface area contributed by atoms with Crippen LogP contribution in [0.5, 0.6) is 11.5 Å². The molecule has 0 bridgehead atoms. The summed E-state index contributed by atoms with van der Waals surface area (Å²) >= 11 is 12.5. The van der Waals surface area contributed by atoms with Crippen molar-refractivity contribution in [3.63, 3.8) is 0 Å². The van der Waals surface area contributed by atoms with Gasteiger partial charge in [-0.2, -0.15) is 0 Å². The lowest BCUT2D eigenvalue weighted by atomic mass is 10.00. The number of Topliss-reactive ketones (excluding diaryl/α,β-unsaturated/α-hetero) is 1. The quantitative estimate of drug-likeness (QED) is 0.781. The molecule has 120 valence electrons. The standard InChI is InChI=1S/C16H19Cl2NO3/c1-4-19-6-5-13(20)11(9-19)7-10-8-12(17)16(22-3)14(18)15(10)21-2/h7-8H,4-6,9H2,1-3H3/b11-7+. The Morgan fingerprint density at radius 3 is 2.55 bits per heavy atom. The van der Waals surface area contributed by atoms with Gasteiger partial charge < -0.3 is 9.47 Å². The summed E-state index contributed by atoms with van der Waals surface area (Å²) < 4.78 is 10.5. The smallest absolute Gasteiger partial charge is 0.161 e. The van der Waals surface area contributed by atoms with Crippen LogP contribution in [0.15, 0.2) is 11.6 Å². The molecule has 0 saturated carbocycles. The molecule has 2 rings (SSSR count). The van der Waals surface area contributed by atoms with Crippen molar-refractivity contribution in [2.75, 3.05) is 33.9 Å². The molecule has 0 N–H and O–H groups in total. The van der Waals surface area contributed by atoms with Crippen molar-refractivity contribution < 1.29 is 14.3 Å². The first-order valence-corrected chi connectivity index (χ1v) is 7.83. The van der Waals surface area contributed by atoms with Crippen LogP contribution in [0, 0.1) is 0 Å². The molecule has 1 aromatic carbocycles. The summed E-state index contributed by atoms with van der Waals surface area (Å²) in [5.41, 5.74) is 1.42. The van der Waals surface area contributed by atoms with E-state index in [9.17, 15) is 4.79 Å². The van der Waals surface area contributed by atoms with E-state index in [0.29, 0.717) is 40.1 Å². The van der Waals surface area contributed by atoms with E-state index >= 15 is 0 Å². The molecular formula is C16H19Cl2NO3. The Hall–Kier alpha value is -1.23. The number of halogens is 2. The van der Waals surface area contributed by atoms with Crippen LogP contribution in [0.25, 0.3) is 6.08 Å². The molecule has 1 heterocycles. The van der Waals surface area contributed by atoms with Gasteiger partial charge in [-0.25, -0.2) is 0 Å². The fraction of sp³-hybridized carbons (Fsp3) is 0.438. The van der Waals surface area contributed by atoms with E-state index in [0.717, 1.165) is 18.7 Å². The zero-order valence-corrected chi connectivity index (χ0v) is 14.4. The Balaban J connectivity index is 2.47. The molecule has 0 atom stereocenters. The summed E-state index contributed by atoms with van der Waals surface area (Å²) in [4.78, 5) is 14.3. The Morgan fingerprint density at radius 2 is 1.95 bits per heavy atom. The fourth-order valence-corrected chi connectivity index (χ4v) is 3.22. The molecule has 22 heavy (non-hydrogen) atoms. The summed E-state index contributed by atoms with van der Waals surface area (Å²) in [6, 6.07) is 1.70. The Kier molecular flexibility index (Phi) is 5.73. The molecule has 0 radical (unpaired) electrons. The molecule has 1 aliphatic heterocycles. The van der Waals surface area contributed by atoms with E-state index < -0.39 is 0 Å². The van der Waals surface area contributed by atoms with Gasteiger partial charge >= 0.3 is 0 Å². The predicted octanol–water partition coefficient (Wildman–Crippen LogP) is 3.69. The Bertz CT molecular complexity index is 614. The topological polar surface area (TPSA) is 38.8 Å². The average Bonchev–Trinajstić information content (AvgIpc) is 2.50. The number of nitrogens with zero attached hydrogens (tertiary/aromatic N) is 1. The van der Waals surface area contributed by atoms with Crippen LogP contribution in [0.1, 0.15) is 18.9 Å². The SMILES string of the molecule is CCN1CCC(=O)/C(=C/c2cc(Cl)c(OC)c(Cl)c2OC)C1. The third-order valence-corrected chi connectivity index (χ3v) is 4.38. The van der Waals surface area contributed by atoms with Crippen molar-refractivity contribution in [2.24, 2.45) is 0 Å². The lowest BCUT2D eigenvalue weighted by Gasteiger charge is -2.26. The van der Waals surface area contributed by atoms with Crippen molar-refractivity contribution in [2.45, 2.75) is 13.3 Å². The molecule has 0 amide bonds. The van der Waals surface area contributed by atoms with Crippen LogP contribution in [-0.2, 0) is 4.79 Å². The van der Waals surface area contributed by atoms with Gasteiger partial charge in [-0.3, -0.25) is 9.69 Å². The van der Waals surface area contributed by atoms with E-state index in [-0.39, 0.29) is 5.78 Å². The normalized spacial score (nSPS) is 17.9. The monoisotopic (exact) mass is 343 g/mol. The maximum Gasteiger partial charge on any atom is 0.161 e. The highest BCUT2D eigenvalue weighted by atomic mass is 35.5. The fourth-order valence-electron chi connectivity index (χ4n) is 2.52. The second kappa shape index (κ2) is 7.36. The van der Waals surface area contributed by atoms with Gasteiger partial charge in [-0.1, -0.05) is 30.1 Å². The third-order valence-electron chi connectivity index (χ3n) is 3.75. The average molecular weight is 344 g/mol. The van der Waals surface area contributed by atoms with E-state index in [1.807, 2.05) is 0 Å². The predicted molar refractivity (Wildman–Crippen MR) is 89.3 cm³/mol. The van der Waals surface area contributed by atoms with Gasteiger partial charge in [-0.15, -0.1) is 0 Å². The van der Waals surface area contributed by atoms with Crippen LogP contribution < -0.4 is 9.47 Å². The summed E-state index contributed by atoms with van der Waals surface area (Å²) in [5.74, 6) is 0.971. The molecule has 1 saturated heterocycles. The van der Waals surface area contributed by atoms with Crippen molar-refractivity contribution >= 4 is 35.1 Å². The first kappa shape index (κ1) is 17.1. The summed E-state index contributed by atoms with van der Waals surface area (Å²) in [6.45, 7) is 4.41. The van der Waals surface area contributed by atoms with Gasteiger partial charge in [-0.05, 0) is 18.7 Å². The van der Waals surface area contributed by atoms with E-state index in [2.05, 4.69) is 11.8 Å². The first-order valence-electron chi connectivity index (χ1n) is 7.07. The van der Waals surface area contributed by atoms with Crippen LogP contribution in [0.4, 0.5) is 0 Å². The first-order chi connectivity index (χ1) is 10.5. The lowest BCUT2D eigenvalue weighted by molar-refractivity contribution is -0.117. The minimum atomic E-state index is 0.148. The van der Waals surface area contributed by atoms with Gasteiger partial charge in [0.15, 0.2) is 11.5 Å². The van der Waals surface area contributed by atoms with Crippen molar-refractivity contribution in [3.8, 4) is 11.5 Å². The summed E-state index contributed by atoms with van der Waals surface area (Å²) in [6.07, 6.45) is 2.33. The molecule has 1 aliphatic rings. The molecule has 0 aromatic heterocycles. The number of hydrogen-bond acceptors (Lipinski definition) is 4. The zero-order chi connectivity index (χ0) is 16.3. The van der Waals surface area contributed by atoms with Crippen LogP contribution in [0.3, 0.4) is 0 Å². The number of ketones is 1. The van der Waals surface area contributed by atoms with Gasteiger partial charge in [0, 0.05) is 30.6 Å². The number of benzene rings is 1. The van der Waals surface area contributed by atoms with Gasteiger partial charge in [0.1, 0.15) is 10.8 Å². The highest BCUT2D eigenvalue weighted by Crippen LogP contribution is 2.43.